The van der Waals surface area contributed by atoms with Crippen LogP contribution in [0.25, 0.3) is 5.00 Å². The molecular formula is C15H17N3OS. The summed E-state index contributed by atoms with van der Waals surface area (Å²) in [6.07, 6.45) is 5.79. The molecule has 2 aromatic rings. The smallest absolute Gasteiger partial charge is 0.255 e. The van der Waals surface area contributed by atoms with Crippen LogP contribution in [0.4, 0.5) is 0 Å². The highest BCUT2D eigenvalue weighted by Gasteiger charge is 2.31. The van der Waals surface area contributed by atoms with Gasteiger partial charge in [-0.2, -0.15) is 0 Å². The van der Waals surface area contributed by atoms with E-state index in [2.05, 4.69) is 33.1 Å². The van der Waals surface area contributed by atoms with Crippen LogP contribution in [0.5, 0.6) is 0 Å². The number of aromatic nitrogens is 1. The topological polar surface area (TPSA) is 37.3 Å². The van der Waals surface area contributed by atoms with E-state index in [4.69, 9.17) is 0 Å². The lowest BCUT2D eigenvalue weighted by Gasteiger charge is -2.34. The summed E-state index contributed by atoms with van der Waals surface area (Å²) in [5, 5.41) is 6.22. The van der Waals surface area contributed by atoms with Crippen LogP contribution in [0.2, 0.25) is 0 Å². The van der Waals surface area contributed by atoms with Gasteiger partial charge in [-0.1, -0.05) is 6.42 Å². The van der Waals surface area contributed by atoms with Gasteiger partial charge in [0.25, 0.3) is 5.91 Å². The van der Waals surface area contributed by atoms with E-state index in [1.807, 2.05) is 11.4 Å². The van der Waals surface area contributed by atoms with Crippen LogP contribution >= 0.6 is 11.3 Å². The molecule has 1 fully saturated rings. The molecule has 2 aromatic heterocycles. The molecule has 1 saturated heterocycles. The maximum Gasteiger partial charge on any atom is 0.255 e. The van der Waals surface area contributed by atoms with E-state index in [0.717, 1.165) is 23.7 Å². The van der Waals surface area contributed by atoms with Crippen molar-refractivity contribution in [1.82, 2.24) is 14.8 Å². The Hall–Kier alpha value is -1.59. The van der Waals surface area contributed by atoms with Gasteiger partial charge < -0.3 is 9.88 Å². The number of nitrogens with one attached hydrogen (secondary N) is 1. The molecule has 0 spiro atoms. The molecule has 4 heterocycles. The summed E-state index contributed by atoms with van der Waals surface area (Å²) in [6.45, 7) is 2.12. The van der Waals surface area contributed by atoms with Crippen LogP contribution in [-0.4, -0.2) is 28.5 Å². The molecule has 0 bridgehead atoms. The van der Waals surface area contributed by atoms with E-state index in [-0.39, 0.29) is 12.1 Å². The van der Waals surface area contributed by atoms with Gasteiger partial charge in [-0.25, -0.2) is 0 Å². The van der Waals surface area contributed by atoms with Crippen LogP contribution in [0.15, 0.2) is 29.8 Å². The van der Waals surface area contributed by atoms with Crippen LogP contribution in [-0.2, 0) is 0 Å². The van der Waals surface area contributed by atoms with Gasteiger partial charge in [0.05, 0.1) is 11.3 Å². The number of nitrogens with zero attached hydrogens (tertiary/aromatic N) is 2. The summed E-state index contributed by atoms with van der Waals surface area (Å²) in [5.74, 6) is 0.0422. The first-order valence-corrected chi connectivity index (χ1v) is 8.02. The Kier molecular flexibility index (Phi) is 2.89. The van der Waals surface area contributed by atoms with Crippen molar-refractivity contribution in [2.75, 3.05) is 13.1 Å². The molecule has 0 aromatic carbocycles. The predicted octanol–water partition coefficient (Wildman–Crippen LogP) is 2.77. The standard InChI is InChI=1S/C15H17N3OS/c19-14-11-6-10-20-15(11)18-9-4-5-12(18)13(16-14)17-7-2-1-3-8-17/h4-6,9-10,13H,1-3,7-8H2,(H,16,19). The number of fused-ring (bicyclic) bond motifs is 3. The van der Waals surface area contributed by atoms with Gasteiger partial charge in [-0.3, -0.25) is 9.69 Å². The molecule has 1 unspecified atom stereocenters. The highest BCUT2D eigenvalue weighted by molar-refractivity contribution is 7.13. The SMILES string of the molecule is O=C1NC(N2CCCCC2)c2cccn2-c2sccc21. The zero-order valence-electron chi connectivity index (χ0n) is 11.2. The molecular weight excluding hydrogens is 270 g/mol. The first-order chi connectivity index (χ1) is 9.84. The number of carbonyl (C=O) groups excluding carboxylic acids is 1. The summed E-state index contributed by atoms with van der Waals surface area (Å²) in [5.41, 5.74) is 1.95. The van der Waals surface area contributed by atoms with Gasteiger partial charge in [0.2, 0.25) is 0 Å². The van der Waals surface area contributed by atoms with Gasteiger partial charge in [0, 0.05) is 19.3 Å². The molecule has 1 atom stereocenters. The first kappa shape index (κ1) is 12.2. The number of amides is 1. The Labute approximate surface area is 122 Å². The van der Waals surface area contributed by atoms with Crippen LogP contribution < -0.4 is 5.32 Å². The van der Waals surface area contributed by atoms with E-state index in [1.54, 1.807) is 11.3 Å². The summed E-state index contributed by atoms with van der Waals surface area (Å²) < 4.78 is 2.16. The Morgan fingerprint density at radius 1 is 1.20 bits per heavy atom. The molecule has 104 valence electrons. The summed E-state index contributed by atoms with van der Waals surface area (Å²) >= 11 is 1.62. The fourth-order valence-electron chi connectivity index (χ4n) is 3.19. The monoisotopic (exact) mass is 287 g/mol. The summed E-state index contributed by atoms with van der Waals surface area (Å²) in [7, 11) is 0. The van der Waals surface area contributed by atoms with Crippen molar-refractivity contribution in [3.8, 4) is 5.00 Å². The lowest BCUT2D eigenvalue weighted by Crippen LogP contribution is -2.43. The summed E-state index contributed by atoms with van der Waals surface area (Å²) in [6, 6.07) is 6.10. The minimum absolute atomic E-state index is 0.00241. The Bertz CT molecular complexity index is 639. The predicted molar refractivity (Wildman–Crippen MR) is 79.3 cm³/mol. The Morgan fingerprint density at radius 3 is 2.90 bits per heavy atom. The Balaban J connectivity index is 1.79. The maximum atomic E-state index is 12.4. The molecule has 0 radical (unpaired) electrons. The minimum atomic E-state index is -0.00241. The quantitative estimate of drug-likeness (QED) is 0.875. The lowest BCUT2D eigenvalue weighted by molar-refractivity contribution is 0.0814. The van der Waals surface area contributed by atoms with Crippen molar-refractivity contribution in [2.45, 2.75) is 25.4 Å². The molecule has 4 rings (SSSR count). The number of hydrogen-bond donors (Lipinski definition) is 1. The van der Waals surface area contributed by atoms with E-state index in [0.29, 0.717) is 0 Å². The van der Waals surface area contributed by atoms with Crippen molar-refractivity contribution in [2.24, 2.45) is 0 Å². The second-order valence-electron chi connectivity index (χ2n) is 5.42. The van der Waals surface area contributed by atoms with Crippen molar-refractivity contribution in [3.05, 3.63) is 41.0 Å². The van der Waals surface area contributed by atoms with Crippen molar-refractivity contribution in [3.63, 3.8) is 0 Å². The molecule has 5 heteroatoms. The number of piperidine rings is 1. The van der Waals surface area contributed by atoms with Gasteiger partial charge in [0.1, 0.15) is 11.2 Å². The first-order valence-electron chi connectivity index (χ1n) is 7.14. The molecule has 2 aliphatic rings. The van der Waals surface area contributed by atoms with Gasteiger partial charge in [-0.15, -0.1) is 11.3 Å². The number of likely N-dealkylation sites (tertiary alicyclic amines) is 1. The van der Waals surface area contributed by atoms with E-state index >= 15 is 0 Å². The minimum Gasteiger partial charge on any atom is -0.331 e. The largest absolute Gasteiger partial charge is 0.331 e. The van der Waals surface area contributed by atoms with E-state index in [9.17, 15) is 4.79 Å². The van der Waals surface area contributed by atoms with Gasteiger partial charge in [-0.05, 0) is 36.4 Å². The molecule has 1 amide bonds. The molecule has 20 heavy (non-hydrogen) atoms. The molecule has 2 aliphatic heterocycles. The third-order valence-electron chi connectivity index (χ3n) is 4.19. The van der Waals surface area contributed by atoms with Gasteiger partial charge >= 0.3 is 0 Å². The van der Waals surface area contributed by atoms with Crippen LogP contribution in [0, 0.1) is 0 Å². The normalized spacial score (nSPS) is 22.8. The lowest BCUT2D eigenvalue weighted by atomic mass is 10.1. The maximum absolute atomic E-state index is 12.4. The van der Waals surface area contributed by atoms with E-state index < -0.39 is 0 Å². The molecule has 0 saturated carbocycles. The highest BCUT2D eigenvalue weighted by atomic mass is 32.1. The summed E-state index contributed by atoms with van der Waals surface area (Å²) in [4.78, 5) is 14.8. The average Bonchev–Trinajstić information content (AvgIpc) is 3.12. The number of carbonyl (C=O) groups is 1. The zero-order chi connectivity index (χ0) is 13.5. The second kappa shape index (κ2) is 4.75. The fourth-order valence-corrected chi connectivity index (χ4v) is 4.09. The fraction of sp³-hybridized carbons (Fsp3) is 0.400. The van der Waals surface area contributed by atoms with Crippen molar-refractivity contribution < 1.29 is 4.79 Å². The number of rotatable bonds is 1. The van der Waals surface area contributed by atoms with E-state index in [1.165, 1.54) is 25.0 Å². The van der Waals surface area contributed by atoms with Gasteiger partial charge in [0.15, 0.2) is 0 Å². The average molecular weight is 287 g/mol. The van der Waals surface area contributed by atoms with Crippen molar-refractivity contribution >= 4 is 17.2 Å². The number of thiophene rings is 1. The highest BCUT2D eigenvalue weighted by Crippen LogP contribution is 2.32. The molecule has 1 N–H and O–H groups in total. The van der Waals surface area contributed by atoms with Crippen LogP contribution in [0.3, 0.4) is 0 Å². The zero-order valence-corrected chi connectivity index (χ0v) is 12.0. The van der Waals surface area contributed by atoms with Crippen LogP contribution in [0.1, 0.15) is 41.5 Å². The number of hydrogen-bond acceptors (Lipinski definition) is 3. The molecule has 0 aliphatic carbocycles. The second-order valence-corrected chi connectivity index (χ2v) is 6.31. The molecule has 4 nitrogen and oxygen atoms in total. The van der Waals surface area contributed by atoms with Crippen molar-refractivity contribution in [1.29, 1.82) is 0 Å². The third-order valence-corrected chi connectivity index (χ3v) is 5.10. The Morgan fingerprint density at radius 2 is 2.05 bits per heavy atom. The third kappa shape index (κ3) is 1.81.